The van der Waals surface area contributed by atoms with Crippen molar-refractivity contribution in [3.8, 4) is 34.0 Å². The molecule has 11 rings (SSSR count). The van der Waals surface area contributed by atoms with E-state index in [-0.39, 0.29) is 12.4 Å². The number of hydrogen-bond acceptors (Lipinski definition) is 4. The maximum absolute atomic E-state index is 6.80. The third kappa shape index (κ3) is 4.02. The summed E-state index contributed by atoms with van der Waals surface area (Å²) in [6.45, 7) is 4.52. The van der Waals surface area contributed by atoms with Crippen LogP contribution in [-0.4, -0.2) is 16.5 Å². The van der Waals surface area contributed by atoms with Crippen LogP contribution >= 0.6 is 0 Å². The highest BCUT2D eigenvalue weighted by atomic mass is 16.5. The average Bonchev–Trinajstić information content (AvgIpc) is 3.76. The minimum absolute atomic E-state index is 0.0970. The van der Waals surface area contributed by atoms with Crippen molar-refractivity contribution in [3.63, 3.8) is 0 Å². The topological polar surface area (TPSA) is 37.4 Å². The number of fused-ring (bicyclic) bond motifs is 10. The highest BCUT2D eigenvalue weighted by Crippen LogP contribution is 2.51. The van der Waals surface area contributed by atoms with Crippen LogP contribution in [0.4, 0.5) is 22.9 Å². The van der Waals surface area contributed by atoms with E-state index in [0.29, 0.717) is 0 Å². The lowest BCUT2D eigenvalue weighted by atomic mass is 9.59. The second kappa shape index (κ2) is 10.7. The van der Waals surface area contributed by atoms with E-state index in [1.165, 1.54) is 27.7 Å². The van der Waals surface area contributed by atoms with E-state index in [0.717, 1.165) is 56.8 Å². The van der Waals surface area contributed by atoms with E-state index in [4.69, 9.17) is 9.72 Å². The first-order valence-electron chi connectivity index (χ1n) is 17.8. The van der Waals surface area contributed by atoms with Crippen molar-refractivity contribution in [1.82, 2.24) is 9.55 Å². The standard InChI is InChI=1S/C45H32BN5O/c1-45(2)36-25-23-33(28-42(36)49-29-48(30-13-5-3-6-14-30)39-20-11-18-37(45)43(39)49)52-32-22-24-35-34-17-9-10-19-38(34)46-50(31-15-7-4-8-16-31)40-21-12-26-47-44(40)51(46)41(35)27-32/h3-28H,1-2H3. The van der Waals surface area contributed by atoms with Crippen LogP contribution < -0.4 is 24.4 Å². The molecule has 0 amide bonds. The van der Waals surface area contributed by atoms with Crippen molar-refractivity contribution in [3.05, 3.63) is 175 Å². The molecule has 0 spiro atoms. The minimum Gasteiger partial charge on any atom is -0.458 e. The van der Waals surface area contributed by atoms with Gasteiger partial charge in [-0.25, -0.2) is 4.98 Å². The van der Waals surface area contributed by atoms with Gasteiger partial charge < -0.3 is 14.4 Å². The number of aromatic nitrogens is 3. The second-order valence-corrected chi connectivity index (χ2v) is 14.2. The molecule has 6 aromatic carbocycles. The van der Waals surface area contributed by atoms with Crippen molar-refractivity contribution in [2.24, 2.45) is 0 Å². The first kappa shape index (κ1) is 29.2. The predicted octanol–water partition coefficient (Wildman–Crippen LogP) is 9.20. The van der Waals surface area contributed by atoms with Gasteiger partial charge in [0.2, 0.25) is 0 Å². The molecule has 0 fully saturated rings. The first-order valence-corrected chi connectivity index (χ1v) is 17.8. The van der Waals surface area contributed by atoms with E-state index in [2.05, 4.69) is 178 Å². The zero-order chi connectivity index (χ0) is 34.6. The Morgan fingerprint density at radius 2 is 1.38 bits per heavy atom. The third-order valence-corrected chi connectivity index (χ3v) is 11.0. The molecule has 52 heavy (non-hydrogen) atoms. The van der Waals surface area contributed by atoms with Gasteiger partial charge >= 0.3 is 6.98 Å². The van der Waals surface area contributed by atoms with Gasteiger partial charge in [-0.2, -0.15) is 0 Å². The molecule has 0 bridgehead atoms. The van der Waals surface area contributed by atoms with Crippen molar-refractivity contribution in [2.75, 3.05) is 9.62 Å². The molecule has 246 valence electrons. The molecule has 2 aromatic heterocycles. The molecule has 0 atom stereocenters. The summed E-state index contributed by atoms with van der Waals surface area (Å²) < 4.78 is 11.2. The van der Waals surface area contributed by atoms with Crippen LogP contribution in [0.2, 0.25) is 0 Å². The number of anilines is 4. The number of nitrogens with zero attached hydrogens (tertiary/aromatic N) is 5. The molecule has 0 unspecified atom stereocenters. The molecule has 0 N–H and O–H groups in total. The van der Waals surface area contributed by atoms with Crippen LogP contribution in [0.1, 0.15) is 25.0 Å². The summed E-state index contributed by atoms with van der Waals surface area (Å²) in [6, 6.07) is 53.5. The van der Waals surface area contributed by atoms with Crippen LogP contribution in [0, 0.1) is 6.33 Å². The van der Waals surface area contributed by atoms with Crippen molar-refractivity contribution in [2.45, 2.75) is 19.3 Å². The Hall–Kier alpha value is -6.60. The van der Waals surface area contributed by atoms with Gasteiger partial charge in [-0.3, -0.25) is 9.13 Å². The van der Waals surface area contributed by atoms with Crippen LogP contribution in [0.3, 0.4) is 0 Å². The average molecular weight is 670 g/mol. The lowest BCUT2D eigenvalue weighted by Gasteiger charge is -2.36. The maximum atomic E-state index is 6.80. The van der Waals surface area contributed by atoms with E-state index in [9.17, 15) is 0 Å². The number of rotatable bonds is 4. The molecule has 3 aliphatic heterocycles. The fourth-order valence-electron chi connectivity index (χ4n) is 8.66. The molecule has 5 heterocycles. The van der Waals surface area contributed by atoms with Crippen LogP contribution in [0.5, 0.6) is 11.5 Å². The molecule has 7 heteroatoms. The third-order valence-electron chi connectivity index (χ3n) is 11.0. The summed E-state index contributed by atoms with van der Waals surface area (Å²) in [5, 5.41) is 0. The Labute approximate surface area is 302 Å². The summed E-state index contributed by atoms with van der Waals surface area (Å²) >= 11 is 0. The lowest BCUT2D eigenvalue weighted by molar-refractivity contribution is -0.572. The Bertz CT molecular complexity index is 2720. The van der Waals surface area contributed by atoms with Crippen LogP contribution in [0.25, 0.3) is 33.5 Å². The zero-order valence-corrected chi connectivity index (χ0v) is 28.7. The lowest BCUT2D eigenvalue weighted by Crippen LogP contribution is -2.55. The summed E-state index contributed by atoms with van der Waals surface area (Å²) in [7, 11) is 0. The van der Waals surface area contributed by atoms with Crippen LogP contribution in [-0.2, 0) is 5.41 Å². The van der Waals surface area contributed by atoms with Gasteiger partial charge in [-0.15, -0.1) is 0 Å². The fraction of sp³-hybridized carbons (Fsp3) is 0.0667. The highest BCUT2D eigenvalue weighted by Gasteiger charge is 2.48. The van der Waals surface area contributed by atoms with Crippen molar-refractivity contribution < 1.29 is 9.30 Å². The Kier molecular flexibility index (Phi) is 6.00. The number of ether oxygens (including phenoxy) is 1. The minimum atomic E-state index is -0.209. The van der Waals surface area contributed by atoms with Gasteiger partial charge in [0.1, 0.15) is 17.3 Å². The van der Waals surface area contributed by atoms with Gasteiger partial charge in [0.25, 0.3) is 6.33 Å². The summed E-state index contributed by atoms with van der Waals surface area (Å²) in [6.07, 6.45) is 5.58. The van der Waals surface area contributed by atoms with E-state index in [1.807, 2.05) is 18.3 Å². The molecule has 0 aliphatic carbocycles. The van der Waals surface area contributed by atoms with Crippen LogP contribution in [0.15, 0.2) is 158 Å². The number of pyridine rings is 1. The largest absolute Gasteiger partial charge is 0.458 e. The quantitative estimate of drug-likeness (QED) is 0.106. The monoisotopic (exact) mass is 669 g/mol. The van der Waals surface area contributed by atoms with E-state index >= 15 is 0 Å². The predicted molar refractivity (Wildman–Crippen MR) is 208 cm³/mol. The Morgan fingerprint density at radius 3 is 2.23 bits per heavy atom. The van der Waals surface area contributed by atoms with E-state index in [1.54, 1.807) is 0 Å². The SMILES string of the molecule is CC1(C)c2ccc(Oc3ccc4c(c3)N3B(c5ccccc5-4)N(c4ccccc4)c4cccnc43)cc2-n2[c-][n+](-c3ccccc3)c3cccc1c32. The molecule has 0 saturated carbocycles. The second-order valence-electron chi connectivity index (χ2n) is 14.2. The number of hydrogen-bond donors (Lipinski definition) is 0. The van der Waals surface area contributed by atoms with Gasteiger partial charge in [-0.1, -0.05) is 98.8 Å². The summed E-state index contributed by atoms with van der Waals surface area (Å²) in [5.74, 6) is 2.47. The molecule has 0 saturated heterocycles. The Balaban J connectivity index is 1.04. The Morgan fingerprint density at radius 1 is 0.635 bits per heavy atom. The van der Waals surface area contributed by atoms with Gasteiger partial charge in [0, 0.05) is 34.6 Å². The molecular formula is C45H32BN5O. The van der Waals surface area contributed by atoms with Crippen molar-refractivity contribution in [1.29, 1.82) is 0 Å². The van der Waals surface area contributed by atoms with Gasteiger partial charge in [0.05, 0.1) is 28.1 Å². The zero-order valence-electron chi connectivity index (χ0n) is 28.7. The molecule has 8 aromatic rings. The highest BCUT2D eigenvalue weighted by molar-refractivity contribution is 6.86. The molecule has 3 aliphatic rings. The summed E-state index contributed by atoms with van der Waals surface area (Å²) in [5.41, 5.74) is 13.6. The smallest absolute Gasteiger partial charge is 0.422 e. The fourth-order valence-corrected chi connectivity index (χ4v) is 8.66. The number of para-hydroxylation sites is 3. The molecular weight excluding hydrogens is 637 g/mol. The van der Waals surface area contributed by atoms with E-state index < -0.39 is 0 Å². The maximum Gasteiger partial charge on any atom is 0.422 e. The van der Waals surface area contributed by atoms with Gasteiger partial charge in [0.15, 0.2) is 0 Å². The van der Waals surface area contributed by atoms with Crippen molar-refractivity contribution >= 4 is 46.4 Å². The van der Waals surface area contributed by atoms with Gasteiger partial charge in [-0.05, 0) is 82.8 Å². The first-order chi connectivity index (χ1) is 25.6. The molecule has 6 nitrogen and oxygen atoms in total. The summed E-state index contributed by atoms with van der Waals surface area (Å²) in [4.78, 5) is 9.73. The number of imidazole rings is 1. The number of benzene rings is 6. The normalized spacial score (nSPS) is 14.4. The molecule has 0 radical (unpaired) electrons.